The van der Waals surface area contributed by atoms with Gasteiger partial charge < -0.3 is 10.5 Å². The van der Waals surface area contributed by atoms with E-state index in [1.165, 1.54) is 12.8 Å². The van der Waals surface area contributed by atoms with Crippen LogP contribution >= 0.6 is 0 Å². The monoisotopic (exact) mass is 290 g/mol. The SMILES string of the molecule is NCC(NS(=O)(=O)CC1CCCCO1)C1CCCC1. The maximum absolute atomic E-state index is 12.2. The van der Waals surface area contributed by atoms with Crippen LogP contribution in [0.15, 0.2) is 0 Å². The Morgan fingerprint density at radius 2 is 1.84 bits per heavy atom. The topological polar surface area (TPSA) is 81.4 Å². The quantitative estimate of drug-likeness (QED) is 0.764. The van der Waals surface area contributed by atoms with Crippen LogP contribution in [0, 0.1) is 5.92 Å². The zero-order valence-electron chi connectivity index (χ0n) is 11.5. The first-order chi connectivity index (χ1) is 9.11. The second-order valence-electron chi connectivity index (χ2n) is 5.77. The molecule has 0 spiro atoms. The molecule has 19 heavy (non-hydrogen) atoms. The summed E-state index contributed by atoms with van der Waals surface area (Å²) in [7, 11) is -3.28. The van der Waals surface area contributed by atoms with Gasteiger partial charge in [0.25, 0.3) is 0 Å². The third kappa shape index (κ3) is 4.70. The van der Waals surface area contributed by atoms with Crippen molar-refractivity contribution in [3.8, 4) is 0 Å². The fraction of sp³-hybridized carbons (Fsp3) is 1.00. The first-order valence-corrected chi connectivity index (χ1v) is 9.07. The van der Waals surface area contributed by atoms with Gasteiger partial charge in [-0.15, -0.1) is 0 Å². The molecule has 2 atom stereocenters. The molecule has 0 radical (unpaired) electrons. The van der Waals surface area contributed by atoms with Gasteiger partial charge in [0.05, 0.1) is 11.9 Å². The lowest BCUT2D eigenvalue weighted by Crippen LogP contribution is -2.47. The summed E-state index contributed by atoms with van der Waals surface area (Å²) in [5.74, 6) is 0.489. The van der Waals surface area contributed by atoms with Crippen LogP contribution in [-0.4, -0.2) is 39.5 Å². The fourth-order valence-corrected chi connectivity index (χ4v) is 4.76. The molecule has 0 bridgehead atoms. The average Bonchev–Trinajstić information content (AvgIpc) is 2.90. The molecule has 1 heterocycles. The zero-order chi connectivity index (χ0) is 13.7. The molecule has 1 saturated carbocycles. The molecule has 1 saturated heterocycles. The fourth-order valence-electron chi connectivity index (χ4n) is 3.16. The molecule has 6 heteroatoms. The largest absolute Gasteiger partial charge is 0.377 e. The molecule has 2 unspecified atom stereocenters. The van der Waals surface area contributed by atoms with Gasteiger partial charge in [-0.25, -0.2) is 13.1 Å². The zero-order valence-corrected chi connectivity index (χ0v) is 12.3. The summed E-state index contributed by atoms with van der Waals surface area (Å²) in [6.07, 6.45) is 7.35. The van der Waals surface area contributed by atoms with Gasteiger partial charge in [-0.2, -0.15) is 0 Å². The van der Waals surface area contributed by atoms with E-state index < -0.39 is 10.0 Å². The lowest BCUT2D eigenvalue weighted by Gasteiger charge is -2.26. The molecule has 2 rings (SSSR count). The van der Waals surface area contributed by atoms with Crippen LogP contribution < -0.4 is 10.5 Å². The van der Waals surface area contributed by atoms with Crippen molar-refractivity contribution in [2.75, 3.05) is 18.9 Å². The van der Waals surface area contributed by atoms with Gasteiger partial charge in [-0.05, 0) is 38.0 Å². The molecule has 5 nitrogen and oxygen atoms in total. The lowest BCUT2D eigenvalue weighted by molar-refractivity contribution is 0.0303. The molecule has 1 aliphatic heterocycles. The van der Waals surface area contributed by atoms with E-state index in [0.29, 0.717) is 19.1 Å². The van der Waals surface area contributed by atoms with Gasteiger partial charge in [-0.3, -0.25) is 0 Å². The Morgan fingerprint density at radius 3 is 2.42 bits per heavy atom. The summed E-state index contributed by atoms with van der Waals surface area (Å²) >= 11 is 0. The predicted octanol–water partition coefficient (Wildman–Crippen LogP) is 0.992. The van der Waals surface area contributed by atoms with Crippen molar-refractivity contribution in [1.82, 2.24) is 4.72 Å². The minimum absolute atomic E-state index is 0.0796. The van der Waals surface area contributed by atoms with Crippen molar-refractivity contribution >= 4 is 10.0 Å². The van der Waals surface area contributed by atoms with Gasteiger partial charge in [0.2, 0.25) is 10.0 Å². The van der Waals surface area contributed by atoms with Crippen LogP contribution in [0.2, 0.25) is 0 Å². The summed E-state index contributed by atoms with van der Waals surface area (Å²) in [4.78, 5) is 0. The van der Waals surface area contributed by atoms with Crippen molar-refractivity contribution in [1.29, 1.82) is 0 Å². The first-order valence-electron chi connectivity index (χ1n) is 7.42. The Bertz CT molecular complexity index is 360. The molecule has 0 aromatic carbocycles. The van der Waals surface area contributed by atoms with E-state index in [1.54, 1.807) is 0 Å². The molecule has 2 fully saturated rings. The Hall–Kier alpha value is -0.170. The van der Waals surface area contributed by atoms with E-state index in [0.717, 1.165) is 32.1 Å². The van der Waals surface area contributed by atoms with Crippen molar-refractivity contribution in [2.24, 2.45) is 11.7 Å². The summed E-state index contributed by atoms with van der Waals surface area (Å²) in [5.41, 5.74) is 5.73. The summed E-state index contributed by atoms with van der Waals surface area (Å²) < 4.78 is 32.7. The highest BCUT2D eigenvalue weighted by atomic mass is 32.2. The van der Waals surface area contributed by atoms with Crippen LogP contribution in [0.3, 0.4) is 0 Å². The van der Waals surface area contributed by atoms with Crippen LogP contribution in [0.1, 0.15) is 44.9 Å². The molecule has 0 aromatic heterocycles. The Kier molecular flexibility index (Phi) is 5.62. The van der Waals surface area contributed by atoms with E-state index in [2.05, 4.69) is 4.72 Å². The van der Waals surface area contributed by atoms with Crippen molar-refractivity contribution in [2.45, 2.75) is 57.1 Å². The lowest BCUT2D eigenvalue weighted by atomic mass is 9.99. The normalized spacial score (nSPS) is 27.5. The van der Waals surface area contributed by atoms with E-state index in [1.807, 2.05) is 0 Å². The molecule has 0 aromatic rings. The summed E-state index contributed by atoms with van der Waals surface area (Å²) in [6, 6.07) is -0.101. The minimum atomic E-state index is -3.28. The highest BCUT2D eigenvalue weighted by Gasteiger charge is 2.29. The second kappa shape index (κ2) is 7.02. The highest BCUT2D eigenvalue weighted by Crippen LogP contribution is 2.27. The number of sulfonamides is 1. The van der Waals surface area contributed by atoms with E-state index in [9.17, 15) is 8.42 Å². The summed E-state index contributed by atoms with van der Waals surface area (Å²) in [6.45, 7) is 1.07. The number of nitrogens with one attached hydrogen (secondary N) is 1. The highest BCUT2D eigenvalue weighted by molar-refractivity contribution is 7.89. The number of rotatable bonds is 6. The molecule has 112 valence electrons. The minimum Gasteiger partial charge on any atom is -0.377 e. The number of nitrogens with two attached hydrogens (primary N) is 1. The number of hydrogen-bond donors (Lipinski definition) is 2. The van der Waals surface area contributed by atoms with Gasteiger partial charge in [0.15, 0.2) is 0 Å². The van der Waals surface area contributed by atoms with E-state index in [4.69, 9.17) is 10.5 Å². The van der Waals surface area contributed by atoms with Crippen LogP contribution in [0.4, 0.5) is 0 Å². The molecule has 2 aliphatic rings. The molecule has 1 aliphatic carbocycles. The molecule has 0 amide bonds. The van der Waals surface area contributed by atoms with E-state index >= 15 is 0 Å². The van der Waals surface area contributed by atoms with E-state index in [-0.39, 0.29) is 17.9 Å². The van der Waals surface area contributed by atoms with Gasteiger partial charge in [0, 0.05) is 19.2 Å². The van der Waals surface area contributed by atoms with Crippen LogP contribution in [-0.2, 0) is 14.8 Å². The predicted molar refractivity (Wildman–Crippen MR) is 75.3 cm³/mol. The first kappa shape index (κ1) is 15.2. The Morgan fingerprint density at radius 1 is 1.16 bits per heavy atom. The molecule has 3 N–H and O–H groups in total. The standard InChI is InChI=1S/C13H26N2O3S/c14-9-13(11-5-1-2-6-11)15-19(16,17)10-12-7-3-4-8-18-12/h11-13,15H,1-10,14H2. The molecular weight excluding hydrogens is 264 g/mol. The molecular formula is C13H26N2O3S. The third-order valence-corrected chi connectivity index (χ3v) is 5.71. The van der Waals surface area contributed by atoms with Crippen LogP contribution in [0.5, 0.6) is 0 Å². The number of ether oxygens (including phenoxy) is 1. The van der Waals surface area contributed by atoms with Gasteiger partial charge in [-0.1, -0.05) is 12.8 Å². The average molecular weight is 290 g/mol. The van der Waals surface area contributed by atoms with Gasteiger partial charge >= 0.3 is 0 Å². The maximum atomic E-state index is 12.2. The smallest absolute Gasteiger partial charge is 0.214 e. The van der Waals surface area contributed by atoms with Crippen molar-refractivity contribution < 1.29 is 13.2 Å². The summed E-state index contributed by atoms with van der Waals surface area (Å²) in [5, 5.41) is 0. The second-order valence-corrected chi connectivity index (χ2v) is 7.57. The van der Waals surface area contributed by atoms with Crippen molar-refractivity contribution in [3.63, 3.8) is 0 Å². The van der Waals surface area contributed by atoms with Crippen LogP contribution in [0.25, 0.3) is 0 Å². The Labute approximate surface area is 116 Å². The van der Waals surface area contributed by atoms with Gasteiger partial charge in [0.1, 0.15) is 0 Å². The Balaban J connectivity index is 1.87. The third-order valence-electron chi connectivity index (χ3n) is 4.23. The van der Waals surface area contributed by atoms with Crippen molar-refractivity contribution in [3.05, 3.63) is 0 Å². The number of hydrogen-bond acceptors (Lipinski definition) is 4. The maximum Gasteiger partial charge on any atom is 0.214 e.